The summed E-state index contributed by atoms with van der Waals surface area (Å²) in [7, 11) is 1.06. The Morgan fingerprint density at radius 3 is 2.48 bits per heavy atom. The molecule has 0 aliphatic heterocycles. The van der Waals surface area contributed by atoms with E-state index in [0.29, 0.717) is 16.0 Å². The maximum absolute atomic E-state index is 12.3. The summed E-state index contributed by atoms with van der Waals surface area (Å²) < 4.78 is 36.9. The van der Waals surface area contributed by atoms with Gasteiger partial charge in [0, 0.05) is 18.7 Å². The van der Waals surface area contributed by atoms with Crippen LogP contribution < -0.4 is 0 Å². The number of benzene rings is 1. The molecule has 21 heavy (non-hydrogen) atoms. The smallest absolute Gasteiger partial charge is 0.406 e. The first-order valence-corrected chi connectivity index (χ1v) is 5.94. The monoisotopic (exact) mass is 301 g/mol. The Morgan fingerprint density at radius 2 is 1.95 bits per heavy atom. The summed E-state index contributed by atoms with van der Waals surface area (Å²) in [5, 5.41) is 8.57. The lowest BCUT2D eigenvalue weighted by Gasteiger charge is -2.20. The van der Waals surface area contributed by atoms with Crippen molar-refractivity contribution in [2.45, 2.75) is 13.1 Å². The Hall–Kier alpha value is -2.31. The Bertz CT molecular complexity index is 579. The Balaban J connectivity index is 3.06. The minimum absolute atomic E-state index is 0.106. The zero-order valence-corrected chi connectivity index (χ0v) is 11.4. The summed E-state index contributed by atoms with van der Waals surface area (Å²) in [6.07, 6.45) is -2.28. The number of halogens is 3. The zero-order valence-electron chi connectivity index (χ0n) is 11.4. The van der Waals surface area contributed by atoms with Crippen LogP contribution in [-0.2, 0) is 4.79 Å². The normalized spacial score (nSPS) is 11.7. The number of carboxylic acids is 1. The maximum atomic E-state index is 12.3. The fourth-order valence-electron chi connectivity index (χ4n) is 1.77. The third-order valence-corrected chi connectivity index (χ3v) is 2.77. The summed E-state index contributed by atoms with van der Waals surface area (Å²) in [5.41, 5.74) is 0.993. The Kier molecular flexibility index (Phi) is 5.12. The molecule has 0 fully saturated rings. The highest BCUT2D eigenvalue weighted by Gasteiger charge is 2.31. The molecule has 1 aromatic carbocycles. The lowest BCUT2D eigenvalue weighted by molar-refractivity contribution is -0.138. The van der Waals surface area contributed by atoms with E-state index in [4.69, 9.17) is 5.11 Å². The minimum Gasteiger partial charge on any atom is -0.478 e. The molecule has 114 valence electrons. The first kappa shape index (κ1) is 16.7. The number of hydrogen-bond acceptors (Lipinski definition) is 2. The quantitative estimate of drug-likeness (QED) is 0.870. The van der Waals surface area contributed by atoms with Crippen LogP contribution in [0, 0.1) is 6.92 Å². The van der Waals surface area contributed by atoms with Crippen molar-refractivity contribution in [3.63, 3.8) is 0 Å². The summed E-state index contributed by atoms with van der Waals surface area (Å²) >= 11 is 0. The van der Waals surface area contributed by atoms with Crippen molar-refractivity contribution in [1.29, 1.82) is 0 Å². The second-order valence-electron chi connectivity index (χ2n) is 4.47. The van der Waals surface area contributed by atoms with Crippen LogP contribution in [0.3, 0.4) is 0 Å². The van der Waals surface area contributed by atoms with Gasteiger partial charge in [0.2, 0.25) is 0 Å². The number of aliphatic carboxylic acids is 1. The van der Waals surface area contributed by atoms with Crippen LogP contribution in [0.1, 0.15) is 21.5 Å². The summed E-state index contributed by atoms with van der Waals surface area (Å²) in [4.78, 5) is 23.1. The van der Waals surface area contributed by atoms with Crippen molar-refractivity contribution in [1.82, 2.24) is 4.90 Å². The molecule has 1 rings (SSSR count). The second-order valence-corrected chi connectivity index (χ2v) is 4.47. The summed E-state index contributed by atoms with van der Waals surface area (Å²) in [6, 6.07) is 4.47. The molecule has 0 saturated heterocycles. The van der Waals surface area contributed by atoms with Crippen LogP contribution in [0.15, 0.2) is 24.3 Å². The lowest BCUT2D eigenvalue weighted by Crippen LogP contribution is -2.36. The molecule has 0 unspecified atom stereocenters. The van der Waals surface area contributed by atoms with Crippen LogP contribution in [0.5, 0.6) is 0 Å². The van der Waals surface area contributed by atoms with Crippen molar-refractivity contribution in [3.05, 3.63) is 41.0 Å². The van der Waals surface area contributed by atoms with Gasteiger partial charge in [-0.3, -0.25) is 4.79 Å². The predicted molar refractivity (Wildman–Crippen MR) is 70.9 cm³/mol. The molecule has 7 heteroatoms. The first-order valence-electron chi connectivity index (χ1n) is 5.94. The third kappa shape index (κ3) is 4.94. The molecule has 0 heterocycles. The highest BCUT2D eigenvalue weighted by Crippen LogP contribution is 2.20. The van der Waals surface area contributed by atoms with Gasteiger partial charge in [0.05, 0.1) is 0 Å². The van der Waals surface area contributed by atoms with Gasteiger partial charge in [0.25, 0.3) is 5.91 Å². The highest BCUT2D eigenvalue weighted by molar-refractivity contribution is 5.96. The number of alkyl halides is 3. The molecule has 0 aliphatic carbocycles. The van der Waals surface area contributed by atoms with Crippen molar-refractivity contribution >= 4 is 18.0 Å². The molecule has 0 spiro atoms. The standard InChI is InChI=1S/C14H14F3NO3/c1-9-10(6-7-12(19)20)4-3-5-11(9)13(21)18(2)8-14(15,16)17/h3-7H,8H2,1-2H3,(H,19,20). The molecular formula is C14H14F3NO3. The van der Waals surface area contributed by atoms with E-state index in [-0.39, 0.29) is 5.56 Å². The van der Waals surface area contributed by atoms with Crippen molar-refractivity contribution in [2.75, 3.05) is 13.6 Å². The van der Waals surface area contributed by atoms with E-state index >= 15 is 0 Å². The number of amides is 1. The molecule has 1 aromatic rings. The van der Waals surface area contributed by atoms with E-state index in [9.17, 15) is 22.8 Å². The van der Waals surface area contributed by atoms with Crippen LogP contribution in [0.25, 0.3) is 6.08 Å². The van der Waals surface area contributed by atoms with Gasteiger partial charge < -0.3 is 10.0 Å². The van der Waals surface area contributed by atoms with Crippen LogP contribution in [-0.4, -0.2) is 41.7 Å². The molecule has 1 N–H and O–H groups in total. The molecule has 0 bridgehead atoms. The van der Waals surface area contributed by atoms with Gasteiger partial charge in [-0.2, -0.15) is 13.2 Å². The van der Waals surface area contributed by atoms with Gasteiger partial charge in [-0.05, 0) is 30.2 Å². The predicted octanol–water partition coefficient (Wildman–Crippen LogP) is 2.73. The largest absolute Gasteiger partial charge is 0.478 e. The number of rotatable bonds is 4. The first-order chi connectivity index (χ1) is 9.61. The van der Waals surface area contributed by atoms with Crippen molar-refractivity contribution in [3.8, 4) is 0 Å². The van der Waals surface area contributed by atoms with Crippen LogP contribution in [0.4, 0.5) is 13.2 Å². The second kappa shape index (κ2) is 6.43. The molecular weight excluding hydrogens is 287 g/mol. The molecule has 4 nitrogen and oxygen atoms in total. The van der Waals surface area contributed by atoms with Gasteiger partial charge in [0.1, 0.15) is 6.54 Å². The molecule has 0 radical (unpaired) electrons. The fraction of sp³-hybridized carbons (Fsp3) is 0.286. The number of nitrogens with zero attached hydrogens (tertiary/aromatic N) is 1. The SMILES string of the molecule is Cc1c(C=CC(=O)O)cccc1C(=O)N(C)CC(F)(F)F. The van der Waals surface area contributed by atoms with Gasteiger partial charge in [0.15, 0.2) is 0 Å². The van der Waals surface area contributed by atoms with E-state index in [2.05, 4.69) is 0 Å². The van der Waals surface area contributed by atoms with E-state index in [1.807, 2.05) is 0 Å². The zero-order chi connectivity index (χ0) is 16.2. The van der Waals surface area contributed by atoms with E-state index < -0.39 is 24.6 Å². The van der Waals surface area contributed by atoms with Crippen LogP contribution in [0.2, 0.25) is 0 Å². The third-order valence-electron chi connectivity index (χ3n) is 2.77. The molecule has 0 saturated carbocycles. The van der Waals surface area contributed by atoms with Gasteiger partial charge in [-0.1, -0.05) is 12.1 Å². The topological polar surface area (TPSA) is 57.6 Å². The average molecular weight is 301 g/mol. The van der Waals surface area contributed by atoms with Gasteiger partial charge in [-0.15, -0.1) is 0 Å². The molecule has 0 aliphatic rings. The average Bonchev–Trinajstić information content (AvgIpc) is 2.34. The fourth-order valence-corrected chi connectivity index (χ4v) is 1.77. The summed E-state index contributed by atoms with van der Waals surface area (Å²) in [5.74, 6) is -1.92. The minimum atomic E-state index is -4.47. The lowest BCUT2D eigenvalue weighted by atomic mass is 10.0. The Labute approximate surface area is 119 Å². The number of carbonyl (C=O) groups is 2. The van der Waals surface area contributed by atoms with Crippen molar-refractivity contribution in [2.24, 2.45) is 0 Å². The molecule has 0 atom stereocenters. The highest BCUT2D eigenvalue weighted by atomic mass is 19.4. The van der Waals surface area contributed by atoms with E-state index in [1.54, 1.807) is 13.0 Å². The summed E-state index contributed by atoms with van der Waals surface area (Å²) in [6.45, 7) is 0.205. The molecule has 0 aromatic heterocycles. The number of carbonyl (C=O) groups excluding carboxylic acids is 1. The van der Waals surface area contributed by atoms with Crippen LogP contribution >= 0.6 is 0 Å². The van der Waals surface area contributed by atoms with Crippen molar-refractivity contribution < 1.29 is 27.9 Å². The molecule has 1 amide bonds. The number of hydrogen-bond donors (Lipinski definition) is 1. The van der Waals surface area contributed by atoms with Gasteiger partial charge >= 0.3 is 12.1 Å². The maximum Gasteiger partial charge on any atom is 0.406 e. The Morgan fingerprint density at radius 1 is 1.33 bits per heavy atom. The van der Waals surface area contributed by atoms with E-state index in [0.717, 1.165) is 13.1 Å². The van der Waals surface area contributed by atoms with E-state index in [1.165, 1.54) is 18.2 Å². The number of carboxylic acid groups (broad SMARTS) is 1. The van der Waals surface area contributed by atoms with Gasteiger partial charge in [-0.25, -0.2) is 4.79 Å².